The molecule has 0 unspecified atom stereocenters. The van der Waals surface area contributed by atoms with E-state index in [1.54, 1.807) is 0 Å². The molecule has 86 valence electrons. The lowest BCUT2D eigenvalue weighted by Crippen LogP contribution is -2.25. The van der Waals surface area contributed by atoms with Crippen LogP contribution in [0.4, 0.5) is 0 Å². The summed E-state index contributed by atoms with van der Waals surface area (Å²) in [4.78, 5) is 34.3. The Balaban J connectivity index is 2.98. The van der Waals surface area contributed by atoms with Crippen molar-refractivity contribution in [3.8, 4) is 0 Å². The number of allylic oxidation sites excluding steroid dienone is 1. The minimum atomic E-state index is -0.760. The zero-order valence-corrected chi connectivity index (χ0v) is 9.06. The highest BCUT2D eigenvalue weighted by molar-refractivity contribution is 5.94. The minimum Gasteiger partial charge on any atom is -0.392 e. The predicted molar refractivity (Wildman–Crippen MR) is 56.0 cm³/mol. The number of nitrogens with zero attached hydrogens (tertiary/aromatic N) is 1. The van der Waals surface area contributed by atoms with Gasteiger partial charge in [0.05, 0.1) is 11.3 Å². The van der Waals surface area contributed by atoms with Gasteiger partial charge in [0.1, 0.15) is 0 Å². The number of hydrogen-bond acceptors (Lipinski definition) is 4. The van der Waals surface area contributed by atoms with Crippen LogP contribution in [0.1, 0.15) is 19.8 Å². The van der Waals surface area contributed by atoms with Crippen molar-refractivity contribution in [1.82, 2.24) is 4.90 Å². The number of ether oxygens (including phenoxy) is 1. The summed E-state index contributed by atoms with van der Waals surface area (Å²) >= 11 is 0. The van der Waals surface area contributed by atoms with Gasteiger partial charge >= 0.3 is 12.4 Å². The molecule has 1 amide bonds. The SMILES string of the molecule is C=CC(=C(C)C(=O)OC=O)N1CCCC1=O. The third-order valence-corrected chi connectivity index (χ3v) is 2.40. The summed E-state index contributed by atoms with van der Waals surface area (Å²) in [6.07, 6.45) is 2.64. The average Bonchev–Trinajstić information content (AvgIpc) is 2.66. The van der Waals surface area contributed by atoms with E-state index >= 15 is 0 Å². The first-order valence-electron chi connectivity index (χ1n) is 4.90. The van der Waals surface area contributed by atoms with Crippen molar-refractivity contribution in [3.63, 3.8) is 0 Å². The number of hydrogen-bond donors (Lipinski definition) is 0. The fourth-order valence-corrected chi connectivity index (χ4v) is 1.61. The third kappa shape index (κ3) is 2.36. The molecule has 0 aromatic carbocycles. The number of carbonyl (C=O) groups is 3. The molecule has 5 nitrogen and oxygen atoms in total. The molecule has 0 aromatic heterocycles. The van der Waals surface area contributed by atoms with Gasteiger partial charge < -0.3 is 9.64 Å². The van der Waals surface area contributed by atoms with Gasteiger partial charge in [-0.2, -0.15) is 0 Å². The van der Waals surface area contributed by atoms with E-state index in [4.69, 9.17) is 0 Å². The molecule has 16 heavy (non-hydrogen) atoms. The van der Waals surface area contributed by atoms with Crippen LogP contribution >= 0.6 is 0 Å². The van der Waals surface area contributed by atoms with Crippen LogP contribution in [0.3, 0.4) is 0 Å². The van der Waals surface area contributed by atoms with E-state index in [0.29, 0.717) is 18.7 Å². The molecule has 1 aliphatic rings. The first kappa shape index (κ1) is 12.2. The Morgan fingerprint density at radius 2 is 2.25 bits per heavy atom. The van der Waals surface area contributed by atoms with E-state index in [-0.39, 0.29) is 18.0 Å². The van der Waals surface area contributed by atoms with Crippen LogP contribution in [0.2, 0.25) is 0 Å². The summed E-state index contributed by atoms with van der Waals surface area (Å²) < 4.78 is 4.22. The number of esters is 1. The molecule has 0 aromatic rings. The molecule has 0 radical (unpaired) electrons. The zero-order chi connectivity index (χ0) is 12.1. The molecule has 5 heteroatoms. The lowest BCUT2D eigenvalue weighted by atomic mass is 10.2. The van der Waals surface area contributed by atoms with Crippen molar-refractivity contribution in [2.75, 3.05) is 6.54 Å². The van der Waals surface area contributed by atoms with E-state index in [1.807, 2.05) is 0 Å². The van der Waals surface area contributed by atoms with Crippen molar-refractivity contribution in [2.24, 2.45) is 0 Å². The van der Waals surface area contributed by atoms with E-state index in [9.17, 15) is 14.4 Å². The summed E-state index contributed by atoms with van der Waals surface area (Å²) in [5.74, 6) is -0.808. The molecule has 0 bridgehead atoms. The second-order valence-electron chi connectivity index (χ2n) is 3.36. The molecular weight excluding hydrogens is 210 g/mol. The Bertz CT molecular complexity index is 370. The van der Waals surface area contributed by atoms with E-state index in [2.05, 4.69) is 11.3 Å². The van der Waals surface area contributed by atoms with Crippen molar-refractivity contribution in [3.05, 3.63) is 23.9 Å². The van der Waals surface area contributed by atoms with Crippen LogP contribution in [0, 0.1) is 0 Å². The summed E-state index contributed by atoms with van der Waals surface area (Å²) in [7, 11) is 0. The van der Waals surface area contributed by atoms with Crippen LogP contribution in [0.25, 0.3) is 0 Å². The average molecular weight is 223 g/mol. The van der Waals surface area contributed by atoms with Gasteiger partial charge in [-0.05, 0) is 19.4 Å². The van der Waals surface area contributed by atoms with Crippen LogP contribution in [-0.4, -0.2) is 29.8 Å². The first-order chi connectivity index (χ1) is 7.61. The maximum absolute atomic E-state index is 11.5. The van der Waals surface area contributed by atoms with Crippen LogP contribution in [-0.2, 0) is 19.1 Å². The van der Waals surface area contributed by atoms with E-state index < -0.39 is 5.97 Å². The second kappa shape index (κ2) is 5.25. The Hall–Kier alpha value is -1.91. The van der Waals surface area contributed by atoms with Crippen LogP contribution < -0.4 is 0 Å². The molecule has 1 saturated heterocycles. The van der Waals surface area contributed by atoms with Gasteiger partial charge in [0, 0.05) is 13.0 Å². The van der Waals surface area contributed by atoms with Crippen molar-refractivity contribution in [1.29, 1.82) is 0 Å². The molecular formula is C11H13NO4. The highest BCUT2D eigenvalue weighted by atomic mass is 16.6. The van der Waals surface area contributed by atoms with Gasteiger partial charge in [-0.1, -0.05) is 6.58 Å². The maximum Gasteiger partial charge on any atom is 0.343 e. The molecule has 1 heterocycles. The number of amides is 1. The summed E-state index contributed by atoms with van der Waals surface area (Å²) in [5.41, 5.74) is 0.617. The van der Waals surface area contributed by atoms with Gasteiger partial charge in [-0.25, -0.2) is 4.79 Å². The topological polar surface area (TPSA) is 63.7 Å². The quantitative estimate of drug-likeness (QED) is 0.232. The molecule has 0 saturated carbocycles. The standard InChI is InChI=1S/C11H13NO4/c1-3-9(8(2)11(15)16-7-13)12-6-4-5-10(12)14/h3,7H,1,4-6H2,2H3. The lowest BCUT2D eigenvalue weighted by Gasteiger charge is -2.18. The normalized spacial score (nSPS) is 16.8. The van der Waals surface area contributed by atoms with Crippen molar-refractivity contribution >= 4 is 18.3 Å². The monoisotopic (exact) mass is 223 g/mol. The van der Waals surface area contributed by atoms with Gasteiger partial charge in [0.15, 0.2) is 0 Å². The fraction of sp³-hybridized carbons (Fsp3) is 0.364. The largest absolute Gasteiger partial charge is 0.392 e. The summed E-state index contributed by atoms with van der Waals surface area (Å²) in [5, 5.41) is 0. The number of likely N-dealkylation sites (tertiary alicyclic amines) is 1. The summed E-state index contributed by atoms with van der Waals surface area (Å²) in [6, 6.07) is 0. The molecule has 0 N–H and O–H groups in total. The smallest absolute Gasteiger partial charge is 0.343 e. The predicted octanol–water partition coefficient (Wildman–Crippen LogP) is 0.768. The van der Waals surface area contributed by atoms with Gasteiger partial charge in [0.2, 0.25) is 5.91 Å². The number of carbonyl (C=O) groups excluding carboxylic acids is 3. The van der Waals surface area contributed by atoms with Crippen LogP contribution in [0.5, 0.6) is 0 Å². The molecule has 0 aliphatic carbocycles. The Morgan fingerprint density at radius 1 is 1.56 bits per heavy atom. The lowest BCUT2D eigenvalue weighted by molar-refractivity contribution is -0.148. The second-order valence-corrected chi connectivity index (χ2v) is 3.36. The first-order valence-corrected chi connectivity index (χ1v) is 4.90. The highest BCUT2D eigenvalue weighted by Gasteiger charge is 2.25. The third-order valence-electron chi connectivity index (χ3n) is 2.40. The molecule has 1 fully saturated rings. The van der Waals surface area contributed by atoms with E-state index in [0.717, 1.165) is 6.42 Å². The molecule has 0 spiro atoms. The van der Waals surface area contributed by atoms with Gasteiger partial charge in [0.25, 0.3) is 0 Å². The van der Waals surface area contributed by atoms with Gasteiger partial charge in [-0.15, -0.1) is 0 Å². The molecule has 0 atom stereocenters. The summed E-state index contributed by atoms with van der Waals surface area (Å²) in [6.45, 7) is 5.68. The van der Waals surface area contributed by atoms with Crippen molar-refractivity contribution < 1.29 is 19.1 Å². The molecule has 1 rings (SSSR count). The minimum absolute atomic E-state index is 0.0480. The number of rotatable bonds is 4. The molecule has 1 aliphatic heterocycles. The zero-order valence-electron chi connectivity index (χ0n) is 9.06. The maximum atomic E-state index is 11.5. The Labute approximate surface area is 93.4 Å². The van der Waals surface area contributed by atoms with E-state index in [1.165, 1.54) is 17.9 Å². The van der Waals surface area contributed by atoms with Gasteiger partial charge in [-0.3, -0.25) is 9.59 Å². The Kier molecular flexibility index (Phi) is 3.99. The fourth-order valence-electron chi connectivity index (χ4n) is 1.61. The Morgan fingerprint density at radius 3 is 2.69 bits per heavy atom. The van der Waals surface area contributed by atoms with Crippen molar-refractivity contribution in [2.45, 2.75) is 19.8 Å². The highest BCUT2D eigenvalue weighted by Crippen LogP contribution is 2.20. The van der Waals surface area contributed by atoms with Crippen LogP contribution in [0.15, 0.2) is 23.9 Å².